The Kier molecular flexibility index (Phi) is 4.77. The Morgan fingerprint density at radius 2 is 2.20 bits per heavy atom. The average molecular weight is 367 g/mol. The molecule has 1 fully saturated rings. The van der Waals surface area contributed by atoms with Crippen LogP contribution in [0.15, 0.2) is 16.8 Å². The molecule has 0 spiro atoms. The van der Waals surface area contributed by atoms with Crippen LogP contribution in [0.2, 0.25) is 5.02 Å². The molecule has 1 N–H and O–H groups in total. The maximum atomic E-state index is 12.4. The van der Waals surface area contributed by atoms with E-state index in [1.165, 1.54) is 0 Å². The topological polar surface area (TPSA) is 84.3 Å². The quantitative estimate of drug-likeness (QED) is 0.860. The van der Waals surface area contributed by atoms with Crippen molar-refractivity contribution in [1.82, 2.24) is 20.0 Å². The summed E-state index contributed by atoms with van der Waals surface area (Å²) in [6, 6.07) is 1.86. The first kappa shape index (κ1) is 17.8. The van der Waals surface area contributed by atoms with Gasteiger partial charge in [-0.2, -0.15) is 4.98 Å². The third-order valence-corrected chi connectivity index (χ3v) is 4.41. The Balaban J connectivity index is 1.73. The highest BCUT2D eigenvalue weighted by Gasteiger charge is 2.35. The predicted octanol–water partition coefficient (Wildman–Crippen LogP) is 4.22. The summed E-state index contributed by atoms with van der Waals surface area (Å²) in [5, 5.41) is 4.60. The van der Waals surface area contributed by atoms with E-state index in [1.807, 2.05) is 27.7 Å². The van der Waals surface area contributed by atoms with E-state index in [-0.39, 0.29) is 18.1 Å². The van der Waals surface area contributed by atoms with Crippen LogP contribution >= 0.6 is 11.6 Å². The number of carbonyl (C=O) groups is 1. The van der Waals surface area contributed by atoms with Crippen LogP contribution in [0.4, 0.5) is 4.79 Å². The second-order valence-electron chi connectivity index (χ2n) is 7.44. The highest BCUT2D eigenvalue weighted by molar-refractivity contribution is 6.30. The lowest BCUT2D eigenvalue weighted by Gasteiger charge is -2.37. The van der Waals surface area contributed by atoms with Gasteiger partial charge in [0.2, 0.25) is 11.7 Å². The lowest BCUT2D eigenvalue weighted by molar-refractivity contribution is 0.00846. The summed E-state index contributed by atoms with van der Waals surface area (Å²) in [4.78, 5) is 21.7. The third-order valence-electron chi connectivity index (χ3n) is 4.19. The number of nitrogens with one attached hydrogen (secondary N) is 1. The molecule has 0 bridgehead atoms. The summed E-state index contributed by atoms with van der Waals surface area (Å²) < 4.78 is 10.9. The zero-order valence-electron chi connectivity index (χ0n) is 14.9. The zero-order chi connectivity index (χ0) is 18.2. The van der Waals surface area contributed by atoms with E-state index in [0.29, 0.717) is 29.0 Å². The number of amides is 1. The molecule has 0 aromatic carbocycles. The largest absolute Gasteiger partial charge is 0.444 e. The number of piperidine rings is 1. The molecular weight excluding hydrogens is 344 g/mol. The van der Waals surface area contributed by atoms with Crippen molar-refractivity contribution in [3.63, 3.8) is 0 Å². The molecule has 0 saturated carbocycles. The molecule has 2 aromatic heterocycles. The van der Waals surface area contributed by atoms with Crippen molar-refractivity contribution >= 4 is 17.7 Å². The Labute approximate surface area is 151 Å². The van der Waals surface area contributed by atoms with E-state index in [4.69, 9.17) is 20.9 Å². The van der Waals surface area contributed by atoms with Crippen LogP contribution in [0.1, 0.15) is 52.3 Å². The van der Waals surface area contributed by atoms with Crippen molar-refractivity contribution in [1.29, 1.82) is 0 Å². The van der Waals surface area contributed by atoms with E-state index in [2.05, 4.69) is 15.1 Å². The molecule has 3 heterocycles. The van der Waals surface area contributed by atoms with Crippen LogP contribution < -0.4 is 0 Å². The molecule has 1 aliphatic heterocycles. The molecule has 8 heteroatoms. The summed E-state index contributed by atoms with van der Waals surface area (Å²) in [7, 11) is 0. The Hall–Kier alpha value is -2.02. The van der Waals surface area contributed by atoms with Crippen LogP contribution in [-0.4, -0.2) is 44.3 Å². The fourth-order valence-electron chi connectivity index (χ4n) is 2.89. The maximum Gasteiger partial charge on any atom is 0.410 e. The maximum absolute atomic E-state index is 12.4. The minimum Gasteiger partial charge on any atom is -0.444 e. The van der Waals surface area contributed by atoms with Gasteiger partial charge in [0.1, 0.15) is 5.60 Å². The fraction of sp³-hybridized carbons (Fsp3) is 0.588. The Morgan fingerprint density at radius 1 is 1.44 bits per heavy atom. The van der Waals surface area contributed by atoms with Gasteiger partial charge < -0.3 is 19.1 Å². The van der Waals surface area contributed by atoms with E-state index >= 15 is 0 Å². The van der Waals surface area contributed by atoms with E-state index in [9.17, 15) is 4.79 Å². The van der Waals surface area contributed by atoms with Gasteiger partial charge in [-0.15, -0.1) is 0 Å². The number of likely N-dealkylation sites (tertiary alicyclic amines) is 1. The van der Waals surface area contributed by atoms with Crippen molar-refractivity contribution in [2.24, 2.45) is 0 Å². The second kappa shape index (κ2) is 6.71. The van der Waals surface area contributed by atoms with E-state index in [0.717, 1.165) is 12.8 Å². The molecule has 7 nitrogen and oxygen atoms in total. The van der Waals surface area contributed by atoms with Crippen LogP contribution in [0.5, 0.6) is 0 Å². The molecule has 0 aliphatic carbocycles. The highest BCUT2D eigenvalue weighted by atomic mass is 35.5. The van der Waals surface area contributed by atoms with Crippen LogP contribution in [0.3, 0.4) is 0 Å². The smallest absolute Gasteiger partial charge is 0.410 e. The number of halogens is 1. The van der Waals surface area contributed by atoms with E-state index in [1.54, 1.807) is 17.2 Å². The SMILES string of the molecule is C[C@@H]1CC[C@H](c2nc(-c3cc(Cl)c[nH]3)no2)CN1C(=O)OC(C)(C)C. The summed E-state index contributed by atoms with van der Waals surface area (Å²) in [6.07, 6.45) is 3.10. The molecular formula is C17H23ClN4O3. The van der Waals surface area contributed by atoms with Gasteiger partial charge in [0, 0.05) is 18.8 Å². The minimum absolute atomic E-state index is 0.00426. The molecule has 25 heavy (non-hydrogen) atoms. The fourth-order valence-corrected chi connectivity index (χ4v) is 3.05. The zero-order valence-corrected chi connectivity index (χ0v) is 15.6. The number of H-pyrrole nitrogens is 1. The lowest BCUT2D eigenvalue weighted by Crippen LogP contribution is -2.47. The second-order valence-corrected chi connectivity index (χ2v) is 7.88. The van der Waals surface area contributed by atoms with Crippen LogP contribution in [0.25, 0.3) is 11.5 Å². The molecule has 3 rings (SSSR count). The van der Waals surface area contributed by atoms with Gasteiger partial charge in [0.25, 0.3) is 0 Å². The van der Waals surface area contributed by atoms with Crippen molar-refractivity contribution in [2.45, 2.75) is 58.1 Å². The normalized spacial score (nSPS) is 21.4. The summed E-state index contributed by atoms with van der Waals surface area (Å²) in [5.74, 6) is 0.987. The first-order chi connectivity index (χ1) is 11.7. The minimum atomic E-state index is -0.520. The first-order valence-electron chi connectivity index (χ1n) is 8.40. The molecule has 1 aliphatic rings. The van der Waals surface area contributed by atoms with Crippen LogP contribution in [-0.2, 0) is 4.74 Å². The molecule has 2 aromatic rings. The summed E-state index contributed by atoms with van der Waals surface area (Å²) >= 11 is 5.91. The lowest BCUT2D eigenvalue weighted by atomic mass is 9.93. The number of ether oxygens (including phenoxy) is 1. The number of nitrogens with zero attached hydrogens (tertiary/aromatic N) is 3. The van der Waals surface area contributed by atoms with Gasteiger partial charge in [-0.1, -0.05) is 16.8 Å². The highest BCUT2D eigenvalue weighted by Crippen LogP contribution is 2.31. The monoisotopic (exact) mass is 366 g/mol. The first-order valence-corrected chi connectivity index (χ1v) is 8.78. The number of rotatable bonds is 2. The van der Waals surface area contributed by atoms with Gasteiger partial charge in [-0.05, 0) is 46.6 Å². The number of aromatic amines is 1. The molecule has 0 unspecified atom stereocenters. The third kappa shape index (κ3) is 4.15. The van der Waals surface area contributed by atoms with Crippen molar-refractivity contribution in [3.05, 3.63) is 23.2 Å². The number of hydrogen-bond donors (Lipinski definition) is 1. The number of carbonyl (C=O) groups excluding carboxylic acids is 1. The van der Waals surface area contributed by atoms with Gasteiger partial charge in [-0.25, -0.2) is 4.79 Å². The van der Waals surface area contributed by atoms with Gasteiger partial charge >= 0.3 is 6.09 Å². The average Bonchev–Trinajstić information content (AvgIpc) is 3.14. The Bertz CT molecular complexity index is 749. The standard InChI is InChI=1S/C17H23ClN4O3/c1-10-5-6-11(9-22(10)16(23)24-17(2,3)4)15-20-14(21-25-15)13-7-12(18)8-19-13/h7-8,10-11,19H,5-6,9H2,1-4H3/t10-,11+/m1/s1. The van der Waals surface area contributed by atoms with Crippen molar-refractivity contribution in [3.8, 4) is 11.5 Å². The predicted molar refractivity (Wildman–Crippen MR) is 93.5 cm³/mol. The van der Waals surface area contributed by atoms with Gasteiger partial charge in [0.15, 0.2) is 0 Å². The van der Waals surface area contributed by atoms with Crippen molar-refractivity contribution in [2.75, 3.05) is 6.54 Å². The van der Waals surface area contributed by atoms with Gasteiger partial charge in [0.05, 0.1) is 16.6 Å². The van der Waals surface area contributed by atoms with Gasteiger partial charge in [-0.3, -0.25) is 0 Å². The number of hydrogen-bond acceptors (Lipinski definition) is 5. The molecule has 1 saturated heterocycles. The molecule has 2 atom stereocenters. The number of aromatic nitrogens is 3. The van der Waals surface area contributed by atoms with E-state index < -0.39 is 5.60 Å². The molecule has 1 amide bonds. The van der Waals surface area contributed by atoms with Crippen molar-refractivity contribution < 1.29 is 14.1 Å². The summed E-state index contributed by atoms with van der Waals surface area (Å²) in [5.41, 5.74) is 0.182. The van der Waals surface area contributed by atoms with Crippen LogP contribution in [0, 0.1) is 0 Å². The molecule has 136 valence electrons. The summed E-state index contributed by atoms with van der Waals surface area (Å²) in [6.45, 7) is 8.12. The Morgan fingerprint density at radius 3 is 2.84 bits per heavy atom. The molecule has 0 radical (unpaired) electrons.